The minimum atomic E-state index is -0.211. The van der Waals surface area contributed by atoms with Crippen LogP contribution in [0.3, 0.4) is 0 Å². The molecule has 1 aliphatic carbocycles. The van der Waals surface area contributed by atoms with Crippen LogP contribution in [0.4, 0.5) is 0 Å². The van der Waals surface area contributed by atoms with Gasteiger partial charge in [0.25, 0.3) is 0 Å². The minimum Gasteiger partial charge on any atom is -0.393 e. The molecule has 2 N–H and O–H groups in total. The summed E-state index contributed by atoms with van der Waals surface area (Å²) in [6.45, 7) is 3.44. The molecule has 1 rings (SSSR count). The predicted octanol–water partition coefficient (Wildman–Crippen LogP) is 0.0359. The number of hydrogen-bond donors (Lipinski definition) is 2. The third-order valence-electron chi connectivity index (χ3n) is 1.85. The summed E-state index contributed by atoms with van der Waals surface area (Å²) in [6, 6.07) is 0. The Hall–Kier alpha value is -0.570. The summed E-state index contributed by atoms with van der Waals surface area (Å²) in [7, 11) is 0. The van der Waals surface area contributed by atoms with E-state index in [1.54, 1.807) is 0 Å². The van der Waals surface area contributed by atoms with Crippen LogP contribution in [0.1, 0.15) is 26.7 Å². The average Bonchev–Trinajstić information content (AvgIpc) is 1.57. The first-order chi connectivity index (χ1) is 4.52. The van der Waals surface area contributed by atoms with Crippen LogP contribution in [-0.4, -0.2) is 22.7 Å². The predicted molar refractivity (Wildman–Crippen MR) is 37.5 cm³/mol. The lowest BCUT2D eigenvalue weighted by molar-refractivity contribution is -0.123. The second-order valence-corrected chi connectivity index (χ2v) is 3.30. The van der Waals surface area contributed by atoms with Crippen LogP contribution in [0.25, 0.3) is 0 Å². The molecule has 0 atom stereocenters. The Balaban J connectivity index is 2.34. The maximum atomic E-state index is 10.6. The fraction of sp³-hybridized carbons (Fsp3) is 0.857. The van der Waals surface area contributed by atoms with Gasteiger partial charge in [0.05, 0.1) is 6.10 Å². The molecule has 1 aliphatic rings. The lowest BCUT2D eigenvalue weighted by Crippen LogP contribution is -2.56. The zero-order valence-corrected chi connectivity index (χ0v) is 6.35. The van der Waals surface area contributed by atoms with E-state index in [2.05, 4.69) is 5.32 Å². The van der Waals surface area contributed by atoms with Gasteiger partial charge in [-0.1, -0.05) is 0 Å². The fourth-order valence-corrected chi connectivity index (χ4v) is 1.51. The number of carbonyl (C=O) groups is 1. The summed E-state index contributed by atoms with van der Waals surface area (Å²) < 4.78 is 0. The normalized spacial score (nSPS) is 38.5. The van der Waals surface area contributed by atoms with Crippen LogP contribution < -0.4 is 5.32 Å². The molecular formula is C7H13NO2. The van der Waals surface area contributed by atoms with Gasteiger partial charge in [-0.25, -0.2) is 0 Å². The Morgan fingerprint density at radius 3 is 2.50 bits per heavy atom. The number of carbonyl (C=O) groups excluding carboxylic acids is 1. The molecule has 3 nitrogen and oxygen atoms in total. The van der Waals surface area contributed by atoms with Gasteiger partial charge in [-0.05, 0) is 19.8 Å². The third-order valence-corrected chi connectivity index (χ3v) is 1.85. The quantitative estimate of drug-likeness (QED) is 0.544. The Labute approximate surface area is 60.4 Å². The van der Waals surface area contributed by atoms with Crippen molar-refractivity contribution >= 4 is 5.91 Å². The molecule has 1 saturated carbocycles. The summed E-state index contributed by atoms with van der Waals surface area (Å²) in [6.07, 6.45) is 1.16. The van der Waals surface area contributed by atoms with Crippen molar-refractivity contribution in [3.8, 4) is 0 Å². The molecule has 10 heavy (non-hydrogen) atoms. The summed E-state index contributed by atoms with van der Waals surface area (Å²) in [4.78, 5) is 10.6. The highest BCUT2D eigenvalue weighted by Crippen LogP contribution is 2.31. The molecule has 1 amide bonds. The van der Waals surface area contributed by atoms with Crippen LogP contribution in [0.2, 0.25) is 0 Å². The van der Waals surface area contributed by atoms with Crippen LogP contribution in [0.5, 0.6) is 0 Å². The molecule has 0 unspecified atom stereocenters. The molecule has 0 spiro atoms. The number of rotatable bonds is 1. The topological polar surface area (TPSA) is 49.3 Å². The zero-order valence-electron chi connectivity index (χ0n) is 6.35. The number of aliphatic hydroxyl groups is 1. The highest BCUT2D eigenvalue weighted by Gasteiger charge is 2.39. The van der Waals surface area contributed by atoms with Crippen molar-refractivity contribution in [1.29, 1.82) is 0 Å². The van der Waals surface area contributed by atoms with E-state index in [0.717, 1.165) is 0 Å². The van der Waals surface area contributed by atoms with E-state index >= 15 is 0 Å². The first kappa shape index (κ1) is 7.54. The lowest BCUT2D eigenvalue weighted by atomic mass is 9.76. The monoisotopic (exact) mass is 143 g/mol. The van der Waals surface area contributed by atoms with E-state index < -0.39 is 0 Å². The van der Waals surface area contributed by atoms with Gasteiger partial charge < -0.3 is 10.4 Å². The highest BCUT2D eigenvalue weighted by atomic mass is 16.3. The molecule has 1 fully saturated rings. The summed E-state index contributed by atoms with van der Waals surface area (Å²) in [5.41, 5.74) is -0.134. The maximum absolute atomic E-state index is 10.6. The van der Waals surface area contributed by atoms with Crippen LogP contribution in [-0.2, 0) is 4.79 Å². The third kappa shape index (κ3) is 1.48. The van der Waals surface area contributed by atoms with Crippen molar-refractivity contribution in [2.45, 2.75) is 38.3 Å². The molecule has 3 heteroatoms. The minimum absolute atomic E-state index is 0.0191. The molecule has 0 aromatic rings. The standard InChI is InChI=1S/C7H13NO2/c1-5(9)8-7(2)3-6(10)4-7/h6,10H,3-4H2,1-2H3,(H,8,9). The van der Waals surface area contributed by atoms with Crippen LogP contribution in [0, 0.1) is 0 Å². The molecule has 0 heterocycles. The number of amides is 1. The van der Waals surface area contributed by atoms with E-state index in [1.165, 1.54) is 6.92 Å². The average molecular weight is 143 g/mol. The van der Waals surface area contributed by atoms with Crippen molar-refractivity contribution in [2.75, 3.05) is 0 Å². The molecule has 0 bridgehead atoms. The van der Waals surface area contributed by atoms with Gasteiger partial charge in [0.1, 0.15) is 0 Å². The van der Waals surface area contributed by atoms with Gasteiger partial charge in [0, 0.05) is 12.5 Å². The van der Waals surface area contributed by atoms with Crippen molar-refractivity contribution in [3.05, 3.63) is 0 Å². The van der Waals surface area contributed by atoms with Gasteiger partial charge >= 0.3 is 0 Å². The Morgan fingerprint density at radius 1 is 1.70 bits per heavy atom. The van der Waals surface area contributed by atoms with E-state index in [4.69, 9.17) is 5.11 Å². The van der Waals surface area contributed by atoms with Crippen molar-refractivity contribution in [3.63, 3.8) is 0 Å². The molecule has 58 valence electrons. The molecule has 0 aromatic heterocycles. The van der Waals surface area contributed by atoms with Gasteiger partial charge in [-0.3, -0.25) is 4.79 Å². The maximum Gasteiger partial charge on any atom is 0.217 e. The van der Waals surface area contributed by atoms with E-state index in [0.29, 0.717) is 12.8 Å². The first-order valence-corrected chi connectivity index (χ1v) is 3.49. The van der Waals surface area contributed by atoms with Crippen LogP contribution >= 0.6 is 0 Å². The van der Waals surface area contributed by atoms with Gasteiger partial charge in [-0.2, -0.15) is 0 Å². The largest absolute Gasteiger partial charge is 0.393 e. The number of hydrogen-bond acceptors (Lipinski definition) is 2. The van der Waals surface area contributed by atoms with E-state index in [1.807, 2.05) is 6.92 Å². The Bertz CT molecular complexity index is 150. The first-order valence-electron chi connectivity index (χ1n) is 3.49. The molecule has 0 saturated heterocycles. The molecule has 0 radical (unpaired) electrons. The van der Waals surface area contributed by atoms with Gasteiger partial charge in [-0.15, -0.1) is 0 Å². The van der Waals surface area contributed by atoms with Crippen molar-refractivity contribution in [2.24, 2.45) is 0 Å². The van der Waals surface area contributed by atoms with E-state index in [-0.39, 0.29) is 17.6 Å². The SMILES string of the molecule is CC(=O)NC1(C)CC(O)C1. The zero-order chi connectivity index (χ0) is 7.78. The summed E-state index contributed by atoms with van der Waals surface area (Å²) >= 11 is 0. The van der Waals surface area contributed by atoms with Crippen LogP contribution in [0.15, 0.2) is 0 Å². The molecule has 0 aliphatic heterocycles. The molecule has 0 aromatic carbocycles. The fourth-order valence-electron chi connectivity index (χ4n) is 1.51. The second-order valence-electron chi connectivity index (χ2n) is 3.30. The highest BCUT2D eigenvalue weighted by molar-refractivity contribution is 5.73. The summed E-state index contributed by atoms with van der Waals surface area (Å²) in [5, 5.41) is 11.7. The second kappa shape index (κ2) is 2.23. The summed E-state index contributed by atoms with van der Waals surface area (Å²) in [5.74, 6) is -0.0191. The molecular weight excluding hydrogens is 130 g/mol. The Kier molecular flexibility index (Phi) is 1.68. The Morgan fingerprint density at radius 2 is 2.20 bits per heavy atom. The number of nitrogens with one attached hydrogen (secondary N) is 1. The van der Waals surface area contributed by atoms with E-state index in [9.17, 15) is 4.79 Å². The van der Waals surface area contributed by atoms with Gasteiger partial charge in [0.15, 0.2) is 0 Å². The van der Waals surface area contributed by atoms with Gasteiger partial charge in [0.2, 0.25) is 5.91 Å². The smallest absolute Gasteiger partial charge is 0.217 e. The van der Waals surface area contributed by atoms with Crippen molar-refractivity contribution < 1.29 is 9.90 Å². The number of aliphatic hydroxyl groups excluding tert-OH is 1. The lowest BCUT2D eigenvalue weighted by Gasteiger charge is -2.42. The van der Waals surface area contributed by atoms with Crippen molar-refractivity contribution in [1.82, 2.24) is 5.32 Å².